The molecule has 2 aromatic rings. The molecular weight excluding hydrogens is 334 g/mol. The van der Waals surface area contributed by atoms with Crippen molar-refractivity contribution in [3.8, 4) is 11.9 Å². The van der Waals surface area contributed by atoms with Gasteiger partial charge in [0.1, 0.15) is 18.3 Å². The maximum atomic E-state index is 11.5. The Labute approximate surface area is 140 Å². The maximum Gasteiger partial charge on any atom is 0.335 e. The van der Waals surface area contributed by atoms with Crippen LogP contribution in [0.15, 0.2) is 6.33 Å². The zero-order chi connectivity index (χ0) is 17.9. The van der Waals surface area contributed by atoms with Crippen LogP contribution in [0.3, 0.4) is 0 Å². The Hall–Kier alpha value is -2.81. The van der Waals surface area contributed by atoms with E-state index in [4.69, 9.17) is 19.5 Å². The Bertz CT molecular complexity index is 918. The van der Waals surface area contributed by atoms with E-state index in [2.05, 4.69) is 15.0 Å². The van der Waals surface area contributed by atoms with E-state index in [9.17, 15) is 15.0 Å². The number of rotatable bonds is 2. The quantitative estimate of drug-likeness (QED) is 0.753. The van der Waals surface area contributed by atoms with Crippen molar-refractivity contribution in [2.24, 2.45) is 0 Å². The topological polar surface area (TPSA) is 153 Å². The molecule has 2 aliphatic heterocycles. The van der Waals surface area contributed by atoms with Crippen molar-refractivity contribution < 1.29 is 29.2 Å². The second-order valence-electron chi connectivity index (χ2n) is 6.16. The highest BCUT2D eigenvalue weighted by atomic mass is 16.8. The molecule has 4 unspecified atom stereocenters. The van der Waals surface area contributed by atoms with Crippen LogP contribution in [0.1, 0.15) is 25.9 Å². The highest BCUT2D eigenvalue weighted by Crippen LogP contribution is 2.44. The molecule has 0 saturated carbocycles. The van der Waals surface area contributed by atoms with Crippen molar-refractivity contribution in [1.82, 2.24) is 19.5 Å². The number of carboxylic acid groups (broad SMARTS) is 1. The standard InChI is InChI=1S/C14H13N5O6/c1-14(2)24-7-8(25-14)12(23-9(7)13(21)22)19-4-16-6-10(19)17-5(3-15)18-11(6)20/h4,7-9,12H,1-2H3,(H,21,22)(H,17,18,20). The number of carboxylic acids is 1. The van der Waals surface area contributed by atoms with Gasteiger partial charge in [-0.15, -0.1) is 0 Å². The van der Waals surface area contributed by atoms with Gasteiger partial charge in [0.15, 0.2) is 29.3 Å². The molecule has 4 heterocycles. The summed E-state index contributed by atoms with van der Waals surface area (Å²) >= 11 is 0. The van der Waals surface area contributed by atoms with Crippen LogP contribution in [0.2, 0.25) is 0 Å². The first kappa shape index (κ1) is 15.7. The monoisotopic (exact) mass is 347 g/mol. The van der Waals surface area contributed by atoms with Crippen molar-refractivity contribution in [1.29, 1.82) is 5.26 Å². The number of aliphatic carboxylic acids is 1. The van der Waals surface area contributed by atoms with Crippen molar-refractivity contribution in [2.75, 3.05) is 0 Å². The number of carbonyl (C=O) groups is 1. The molecule has 25 heavy (non-hydrogen) atoms. The van der Waals surface area contributed by atoms with Gasteiger partial charge in [0, 0.05) is 0 Å². The number of imidazole rings is 1. The molecular formula is C14H13N5O6. The van der Waals surface area contributed by atoms with E-state index in [1.165, 1.54) is 10.9 Å². The lowest BCUT2D eigenvalue weighted by atomic mass is 10.1. The van der Waals surface area contributed by atoms with Crippen molar-refractivity contribution in [2.45, 2.75) is 44.2 Å². The summed E-state index contributed by atoms with van der Waals surface area (Å²) in [5, 5.41) is 28.3. The van der Waals surface area contributed by atoms with Gasteiger partial charge in [-0.25, -0.2) is 9.78 Å². The normalized spacial score (nSPS) is 30.3. The lowest BCUT2D eigenvalue weighted by Gasteiger charge is -2.23. The van der Waals surface area contributed by atoms with E-state index < -0.39 is 42.2 Å². The second-order valence-corrected chi connectivity index (χ2v) is 6.16. The van der Waals surface area contributed by atoms with Crippen molar-refractivity contribution >= 4 is 17.1 Å². The Morgan fingerprint density at radius 3 is 2.76 bits per heavy atom. The van der Waals surface area contributed by atoms with Crippen LogP contribution in [0.25, 0.3) is 11.2 Å². The average molecular weight is 347 g/mol. The molecule has 11 heteroatoms. The second kappa shape index (κ2) is 5.09. The molecule has 0 radical (unpaired) electrons. The van der Waals surface area contributed by atoms with Gasteiger partial charge in [-0.2, -0.15) is 15.2 Å². The van der Waals surface area contributed by atoms with E-state index in [0.29, 0.717) is 0 Å². The lowest BCUT2D eigenvalue weighted by molar-refractivity contribution is -0.202. The SMILES string of the molecule is CC1(C)OC2C(C(=O)O)OC(n3cnc4c(O)nc(C#N)nc43)C2O1. The average Bonchev–Trinajstić information content (AvgIpc) is 3.17. The molecule has 2 aromatic heterocycles. The molecule has 0 aliphatic carbocycles. The molecule has 0 amide bonds. The Morgan fingerprint density at radius 2 is 2.08 bits per heavy atom. The summed E-state index contributed by atoms with van der Waals surface area (Å²) in [4.78, 5) is 23.1. The molecule has 2 fully saturated rings. The fourth-order valence-corrected chi connectivity index (χ4v) is 3.14. The van der Waals surface area contributed by atoms with Crippen molar-refractivity contribution in [3.63, 3.8) is 0 Å². The van der Waals surface area contributed by atoms with Crippen LogP contribution >= 0.6 is 0 Å². The maximum absolute atomic E-state index is 11.5. The Balaban J connectivity index is 1.82. The number of hydrogen-bond donors (Lipinski definition) is 2. The van der Waals surface area contributed by atoms with Crippen LogP contribution in [0.4, 0.5) is 0 Å². The van der Waals surface area contributed by atoms with E-state index >= 15 is 0 Å². The van der Waals surface area contributed by atoms with Gasteiger partial charge >= 0.3 is 5.97 Å². The summed E-state index contributed by atoms with van der Waals surface area (Å²) in [6, 6.07) is 1.74. The summed E-state index contributed by atoms with van der Waals surface area (Å²) in [5.41, 5.74) is 0.197. The van der Waals surface area contributed by atoms with Gasteiger partial charge in [-0.05, 0) is 13.8 Å². The first-order chi connectivity index (χ1) is 11.8. The summed E-state index contributed by atoms with van der Waals surface area (Å²) in [6.07, 6.45) is -2.36. The number of aromatic hydroxyl groups is 1. The fraction of sp³-hybridized carbons (Fsp3) is 0.500. The predicted molar refractivity (Wildman–Crippen MR) is 77.1 cm³/mol. The van der Waals surface area contributed by atoms with Crippen LogP contribution < -0.4 is 0 Å². The number of nitriles is 1. The van der Waals surface area contributed by atoms with Gasteiger partial charge < -0.3 is 24.4 Å². The van der Waals surface area contributed by atoms with Crippen LogP contribution in [-0.4, -0.2) is 59.8 Å². The minimum atomic E-state index is -1.24. The molecule has 0 bridgehead atoms. The molecule has 2 aliphatic rings. The Morgan fingerprint density at radius 1 is 1.36 bits per heavy atom. The third kappa shape index (κ3) is 2.30. The summed E-state index contributed by atoms with van der Waals surface area (Å²) in [7, 11) is 0. The summed E-state index contributed by atoms with van der Waals surface area (Å²) in [5.74, 6) is -2.86. The van der Waals surface area contributed by atoms with Gasteiger partial charge in [0.05, 0.1) is 6.33 Å². The number of hydrogen-bond acceptors (Lipinski definition) is 9. The van der Waals surface area contributed by atoms with Gasteiger partial charge in [-0.3, -0.25) is 4.57 Å². The number of nitrogens with zero attached hydrogens (tertiary/aromatic N) is 5. The molecule has 0 aromatic carbocycles. The smallest absolute Gasteiger partial charge is 0.335 e. The number of fused-ring (bicyclic) bond motifs is 2. The minimum Gasteiger partial charge on any atom is -0.492 e. The highest BCUT2D eigenvalue weighted by molar-refractivity contribution is 5.77. The van der Waals surface area contributed by atoms with Crippen molar-refractivity contribution in [3.05, 3.63) is 12.2 Å². The third-order valence-corrected chi connectivity index (χ3v) is 4.05. The molecule has 2 N–H and O–H groups in total. The van der Waals surface area contributed by atoms with E-state index in [1.807, 2.05) is 0 Å². The molecule has 0 spiro atoms. The Kier molecular flexibility index (Phi) is 3.20. The summed E-state index contributed by atoms with van der Waals surface area (Å²) < 4.78 is 18.5. The predicted octanol–water partition coefficient (Wildman–Crippen LogP) is -0.0943. The number of ether oxygens (including phenoxy) is 3. The largest absolute Gasteiger partial charge is 0.492 e. The molecule has 130 valence electrons. The van der Waals surface area contributed by atoms with Crippen LogP contribution in [0.5, 0.6) is 5.88 Å². The van der Waals surface area contributed by atoms with Crippen LogP contribution in [-0.2, 0) is 19.0 Å². The van der Waals surface area contributed by atoms with E-state index in [1.54, 1.807) is 19.9 Å². The lowest BCUT2D eigenvalue weighted by Crippen LogP contribution is -2.35. The highest BCUT2D eigenvalue weighted by Gasteiger charge is 2.58. The third-order valence-electron chi connectivity index (χ3n) is 4.05. The number of aromatic nitrogens is 4. The summed E-state index contributed by atoms with van der Waals surface area (Å²) in [6.45, 7) is 3.35. The van der Waals surface area contributed by atoms with E-state index in [-0.39, 0.29) is 17.0 Å². The zero-order valence-corrected chi connectivity index (χ0v) is 13.2. The first-order valence-electron chi connectivity index (χ1n) is 7.38. The van der Waals surface area contributed by atoms with Gasteiger partial charge in [0.25, 0.3) is 0 Å². The van der Waals surface area contributed by atoms with E-state index in [0.717, 1.165) is 0 Å². The fourth-order valence-electron chi connectivity index (χ4n) is 3.14. The molecule has 11 nitrogen and oxygen atoms in total. The molecule has 4 atom stereocenters. The van der Waals surface area contributed by atoms with Gasteiger partial charge in [-0.1, -0.05) is 0 Å². The van der Waals surface area contributed by atoms with Crippen LogP contribution in [0, 0.1) is 11.3 Å². The zero-order valence-electron chi connectivity index (χ0n) is 13.2. The molecule has 2 saturated heterocycles. The molecule has 4 rings (SSSR count). The van der Waals surface area contributed by atoms with Gasteiger partial charge in [0.2, 0.25) is 11.7 Å². The minimum absolute atomic E-state index is 0.0658. The first-order valence-corrected chi connectivity index (χ1v) is 7.38.